The number of hydrogen-bond donors (Lipinski definition) is 1. The number of carbonyl (C=O) groups is 1. The zero-order chi connectivity index (χ0) is 16.7. The van der Waals surface area contributed by atoms with Gasteiger partial charge in [-0.2, -0.15) is 0 Å². The summed E-state index contributed by atoms with van der Waals surface area (Å²) in [5.41, 5.74) is 1.72. The van der Waals surface area contributed by atoms with E-state index in [9.17, 15) is 9.90 Å². The maximum absolute atomic E-state index is 12.3. The molecular formula is C19H23NO3. The minimum absolute atomic E-state index is 0.227. The topological polar surface area (TPSA) is 49.8 Å². The molecule has 122 valence electrons. The summed E-state index contributed by atoms with van der Waals surface area (Å²) in [6.07, 6.45) is -1.17. The lowest BCUT2D eigenvalue weighted by molar-refractivity contribution is 0.0387. The SMILES string of the molecule is CCN(C(=O)OCc1ccccc1)C(C)C(O)c1ccccc1. The van der Waals surface area contributed by atoms with E-state index in [0.29, 0.717) is 6.54 Å². The molecule has 0 radical (unpaired) electrons. The second kappa shape index (κ2) is 8.34. The van der Waals surface area contributed by atoms with Gasteiger partial charge in [-0.1, -0.05) is 60.7 Å². The lowest BCUT2D eigenvalue weighted by atomic mass is 10.0. The Hall–Kier alpha value is -2.33. The molecule has 1 N–H and O–H groups in total. The van der Waals surface area contributed by atoms with Crippen LogP contribution in [0.5, 0.6) is 0 Å². The third-order valence-corrected chi connectivity index (χ3v) is 3.87. The van der Waals surface area contributed by atoms with E-state index in [0.717, 1.165) is 11.1 Å². The number of aliphatic hydroxyl groups excluding tert-OH is 1. The number of carbonyl (C=O) groups excluding carboxylic acids is 1. The number of likely N-dealkylation sites (N-methyl/N-ethyl adjacent to an activating group) is 1. The lowest BCUT2D eigenvalue weighted by Gasteiger charge is -2.31. The van der Waals surface area contributed by atoms with E-state index in [1.165, 1.54) is 0 Å². The highest BCUT2D eigenvalue weighted by molar-refractivity contribution is 5.68. The third kappa shape index (κ3) is 4.57. The molecule has 2 aromatic rings. The van der Waals surface area contributed by atoms with Gasteiger partial charge in [-0.15, -0.1) is 0 Å². The zero-order valence-electron chi connectivity index (χ0n) is 13.6. The molecule has 4 heteroatoms. The van der Waals surface area contributed by atoms with Crippen LogP contribution in [-0.4, -0.2) is 28.7 Å². The predicted octanol–water partition coefficient (Wildman–Crippen LogP) is 3.77. The molecule has 2 unspecified atom stereocenters. The van der Waals surface area contributed by atoms with E-state index in [2.05, 4.69) is 0 Å². The number of nitrogens with zero attached hydrogens (tertiary/aromatic N) is 1. The first-order valence-corrected chi connectivity index (χ1v) is 7.83. The smallest absolute Gasteiger partial charge is 0.410 e. The molecule has 0 aromatic heterocycles. The molecule has 0 heterocycles. The van der Waals surface area contributed by atoms with Crippen LogP contribution in [0.2, 0.25) is 0 Å². The summed E-state index contributed by atoms with van der Waals surface area (Å²) in [4.78, 5) is 13.9. The van der Waals surface area contributed by atoms with Gasteiger partial charge in [0.05, 0.1) is 12.1 Å². The molecule has 0 spiro atoms. The van der Waals surface area contributed by atoms with Crippen LogP contribution in [0.1, 0.15) is 31.1 Å². The second-order valence-corrected chi connectivity index (χ2v) is 5.42. The monoisotopic (exact) mass is 313 g/mol. The minimum Gasteiger partial charge on any atom is -0.445 e. The van der Waals surface area contributed by atoms with Crippen molar-refractivity contribution in [3.05, 3.63) is 71.8 Å². The number of rotatable bonds is 6. The fourth-order valence-electron chi connectivity index (χ4n) is 2.48. The van der Waals surface area contributed by atoms with Gasteiger partial charge >= 0.3 is 6.09 Å². The number of amides is 1. The average Bonchev–Trinajstić information content (AvgIpc) is 2.61. The number of ether oxygens (including phenoxy) is 1. The minimum atomic E-state index is -0.750. The van der Waals surface area contributed by atoms with E-state index in [-0.39, 0.29) is 12.6 Å². The predicted molar refractivity (Wildman–Crippen MR) is 89.9 cm³/mol. The van der Waals surface area contributed by atoms with E-state index in [1.54, 1.807) is 4.90 Å². The zero-order valence-corrected chi connectivity index (χ0v) is 13.6. The van der Waals surface area contributed by atoms with E-state index in [4.69, 9.17) is 4.74 Å². The average molecular weight is 313 g/mol. The summed E-state index contributed by atoms with van der Waals surface area (Å²) in [5, 5.41) is 10.5. The Balaban J connectivity index is 1.98. The first-order chi connectivity index (χ1) is 11.1. The molecule has 0 bridgehead atoms. The number of benzene rings is 2. The van der Waals surface area contributed by atoms with Crippen molar-refractivity contribution in [2.45, 2.75) is 32.6 Å². The maximum Gasteiger partial charge on any atom is 0.410 e. The molecular weight excluding hydrogens is 290 g/mol. The quantitative estimate of drug-likeness (QED) is 0.883. The van der Waals surface area contributed by atoms with Crippen molar-refractivity contribution < 1.29 is 14.6 Å². The molecule has 1 amide bonds. The molecule has 2 rings (SSSR count). The highest BCUT2D eigenvalue weighted by atomic mass is 16.6. The van der Waals surface area contributed by atoms with Gasteiger partial charge in [0, 0.05) is 6.54 Å². The Morgan fingerprint density at radius 1 is 1.09 bits per heavy atom. The van der Waals surface area contributed by atoms with Crippen molar-refractivity contribution in [1.29, 1.82) is 0 Å². The Morgan fingerprint density at radius 2 is 1.65 bits per heavy atom. The van der Waals surface area contributed by atoms with Crippen LogP contribution < -0.4 is 0 Å². The summed E-state index contributed by atoms with van der Waals surface area (Å²) in [6, 6.07) is 18.5. The molecule has 4 nitrogen and oxygen atoms in total. The van der Waals surface area contributed by atoms with Crippen LogP contribution in [0, 0.1) is 0 Å². The van der Waals surface area contributed by atoms with Crippen LogP contribution in [0.15, 0.2) is 60.7 Å². The standard InChI is InChI=1S/C19H23NO3/c1-3-20(15(2)18(21)17-12-8-5-9-13-17)19(22)23-14-16-10-6-4-7-11-16/h4-13,15,18,21H,3,14H2,1-2H3. The van der Waals surface area contributed by atoms with Crippen LogP contribution in [0.3, 0.4) is 0 Å². The molecule has 0 fully saturated rings. The summed E-state index contributed by atoms with van der Waals surface area (Å²) in [7, 11) is 0. The van der Waals surface area contributed by atoms with Gasteiger partial charge in [0.1, 0.15) is 6.61 Å². The molecule has 0 saturated carbocycles. The van der Waals surface area contributed by atoms with Gasteiger partial charge in [0.15, 0.2) is 0 Å². The summed E-state index contributed by atoms with van der Waals surface area (Å²) >= 11 is 0. The number of hydrogen-bond acceptors (Lipinski definition) is 3. The molecule has 0 saturated heterocycles. The molecule has 0 aliphatic rings. The van der Waals surface area contributed by atoms with Crippen LogP contribution in [0.25, 0.3) is 0 Å². The lowest BCUT2D eigenvalue weighted by Crippen LogP contribution is -2.42. The largest absolute Gasteiger partial charge is 0.445 e. The van der Waals surface area contributed by atoms with Gasteiger partial charge in [0.25, 0.3) is 0 Å². The van der Waals surface area contributed by atoms with E-state index < -0.39 is 12.2 Å². The fourth-order valence-corrected chi connectivity index (χ4v) is 2.48. The molecule has 2 atom stereocenters. The molecule has 0 aliphatic carbocycles. The first-order valence-electron chi connectivity index (χ1n) is 7.83. The van der Waals surface area contributed by atoms with Gasteiger partial charge in [0.2, 0.25) is 0 Å². The van der Waals surface area contributed by atoms with Crippen molar-refractivity contribution >= 4 is 6.09 Å². The van der Waals surface area contributed by atoms with Crippen LogP contribution in [-0.2, 0) is 11.3 Å². The molecule has 0 aliphatic heterocycles. The maximum atomic E-state index is 12.3. The van der Waals surface area contributed by atoms with Crippen molar-refractivity contribution in [1.82, 2.24) is 4.90 Å². The van der Waals surface area contributed by atoms with Crippen molar-refractivity contribution in [2.75, 3.05) is 6.54 Å². The molecule has 23 heavy (non-hydrogen) atoms. The molecule has 2 aromatic carbocycles. The van der Waals surface area contributed by atoms with Gasteiger partial charge < -0.3 is 14.7 Å². The third-order valence-electron chi connectivity index (χ3n) is 3.87. The Labute approximate surface area is 137 Å². The van der Waals surface area contributed by atoms with Crippen LogP contribution >= 0.6 is 0 Å². The van der Waals surface area contributed by atoms with Gasteiger partial charge in [-0.3, -0.25) is 0 Å². The van der Waals surface area contributed by atoms with E-state index >= 15 is 0 Å². The highest BCUT2D eigenvalue weighted by Crippen LogP contribution is 2.21. The van der Waals surface area contributed by atoms with Crippen molar-refractivity contribution in [3.63, 3.8) is 0 Å². The van der Waals surface area contributed by atoms with Crippen LogP contribution in [0.4, 0.5) is 4.79 Å². The number of aliphatic hydroxyl groups is 1. The van der Waals surface area contributed by atoms with Gasteiger partial charge in [-0.05, 0) is 25.0 Å². The fraction of sp³-hybridized carbons (Fsp3) is 0.316. The highest BCUT2D eigenvalue weighted by Gasteiger charge is 2.26. The Kier molecular flexibility index (Phi) is 6.18. The first kappa shape index (κ1) is 17.0. The van der Waals surface area contributed by atoms with Crippen molar-refractivity contribution in [2.24, 2.45) is 0 Å². The van der Waals surface area contributed by atoms with Gasteiger partial charge in [-0.25, -0.2) is 4.79 Å². The summed E-state index contributed by atoms with van der Waals surface area (Å²) < 4.78 is 5.36. The van der Waals surface area contributed by atoms with E-state index in [1.807, 2.05) is 74.5 Å². The summed E-state index contributed by atoms with van der Waals surface area (Å²) in [6.45, 7) is 4.39. The Bertz CT molecular complexity index is 601. The van der Waals surface area contributed by atoms with Crippen molar-refractivity contribution in [3.8, 4) is 0 Å². The normalized spacial score (nSPS) is 13.2. The Morgan fingerprint density at radius 3 is 2.22 bits per heavy atom. The second-order valence-electron chi connectivity index (χ2n) is 5.42. The summed E-state index contributed by atoms with van der Waals surface area (Å²) in [5.74, 6) is 0.